The number of aromatic nitrogens is 3. The predicted molar refractivity (Wildman–Crippen MR) is 299 cm³/mol. The fourth-order valence-electron chi connectivity index (χ4n) is 11.1. The van der Waals surface area contributed by atoms with E-state index in [9.17, 15) is 0 Å². The Bertz CT molecular complexity index is 4320. The Morgan fingerprint density at radius 2 is 0.775 bits per heavy atom. The zero-order valence-corrected chi connectivity index (χ0v) is 38.7. The molecule has 0 spiro atoms. The molecule has 0 radical (unpaired) electrons. The Kier molecular flexibility index (Phi) is 9.53. The molecule has 14 rings (SSSR count). The summed E-state index contributed by atoms with van der Waals surface area (Å²) in [5.41, 5.74) is 15.4. The van der Waals surface area contributed by atoms with E-state index in [-0.39, 0.29) is 0 Å². The third kappa shape index (κ3) is 6.82. The number of hydrogen-bond acceptors (Lipinski definition) is 2. The van der Waals surface area contributed by atoms with E-state index in [1.807, 2.05) is 18.2 Å². The van der Waals surface area contributed by atoms with Gasteiger partial charge in [0.05, 0.1) is 28.1 Å². The summed E-state index contributed by atoms with van der Waals surface area (Å²) in [5, 5.41) is 12.5. The summed E-state index contributed by atoms with van der Waals surface area (Å²) in [5.74, 6) is 0.689. The van der Waals surface area contributed by atoms with E-state index in [4.69, 9.17) is 9.97 Å². The van der Waals surface area contributed by atoms with Crippen LogP contribution in [-0.4, -0.2) is 14.5 Å². The Hall–Kier alpha value is -9.44. The van der Waals surface area contributed by atoms with Gasteiger partial charge >= 0.3 is 0 Å². The zero-order chi connectivity index (χ0) is 46.8. The first kappa shape index (κ1) is 40.6. The van der Waals surface area contributed by atoms with E-state index >= 15 is 0 Å². The average Bonchev–Trinajstić information content (AvgIpc) is 3.79. The van der Waals surface area contributed by atoms with Gasteiger partial charge in [-0.05, 0) is 107 Å². The van der Waals surface area contributed by atoms with Crippen LogP contribution in [0.25, 0.3) is 138 Å². The highest BCUT2D eigenvalue weighted by molar-refractivity contribution is 6.23. The number of rotatable bonds is 7. The minimum atomic E-state index is 0.689. The minimum absolute atomic E-state index is 0.689. The van der Waals surface area contributed by atoms with Gasteiger partial charge in [0, 0.05) is 27.5 Å². The van der Waals surface area contributed by atoms with Gasteiger partial charge in [0.15, 0.2) is 5.82 Å². The van der Waals surface area contributed by atoms with Crippen LogP contribution in [0.5, 0.6) is 0 Å². The standard InChI is InChI=1S/C68H43N3/c1-2-17-49(18-3-1)68-69-62(43-63(70-68)60-26-12-15-29-66(60)71-64-27-13-10-24-56(64)57-25-11-14-28-65(57)71)48-36-32-45(33-37-48)44-30-34-47(35-31-44)52-40-41-58(55-23-9-8-22-54(52)55)67-53-21-7-5-19-50(53)42-61-51-20-6-4-16-46(51)38-39-59(61)67/h1-43H. The highest BCUT2D eigenvalue weighted by Gasteiger charge is 2.20. The Balaban J connectivity index is 0.826. The maximum Gasteiger partial charge on any atom is 0.160 e. The highest BCUT2D eigenvalue weighted by Crippen LogP contribution is 2.44. The van der Waals surface area contributed by atoms with Gasteiger partial charge < -0.3 is 4.57 Å². The van der Waals surface area contributed by atoms with Gasteiger partial charge in [-0.3, -0.25) is 0 Å². The summed E-state index contributed by atoms with van der Waals surface area (Å²) < 4.78 is 2.37. The summed E-state index contributed by atoms with van der Waals surface area (Å²) in [7, 11) is 0. The fourth-order valence-corrected chi connectivity index (χ4v) is 11.1. The molecule has 0 unspecified atom stereocenters. The second-order valence-electron chi connectivity index (χ2n) is 18.4. The Labute approximate surface area is 411 Å². The molecular weight excluding hydrogens is 859 g/mol. The molecule has 3 heteroatoms. The molecule has 3 nitrogen and oxygen atoms in total. The largest absolute Gasteiger partial charge is 0.309 e. The summed E-state index contributed by atoms with van der Waals surface area (Å²) in [6, 6.07) is 94.2. The first-order valence-electron chi connectivity index (χ1n) is 24.3. The number of nitrogens with zero attached hydrogens (tertiary/aromatic N) is 3. The van der Waals surface area contributed by atoms with Crippen molar-refractivity contribution in [1.82, 2.24) is 14.5 Å². The van der Waals surface area contributed by atoms with Crippen molar-refractivity contribution in [3.63, 3.8) is 0 Å². The molecule has 12 aromatic carbocycles. The second kappa shape index (κ2) is 16.7. The van der Waals surface area contributed by atoms with Crippen LogP contribution in [0.4, 0.5) is 0 Å². The highest BCUT2D eigenvalue weighted by atomic mass is 15.0. The molecule has 2 aromatic heterocycles. The van der Waals surface area contributed by atoms with Gasteiger partial charge in [-0.15, -0.1) is 0 Å². The van der Waals surface area contributed by atoms with E-state index < -0.39 is 0 Å². The van der Waals surface area contributed by atoms with Gasteiger partial charge in [-0.1, -0.05) is 231 Å². The van der Waals surface area contributed by atoms with Gasteiger partial charge in [0.2, 0.25) is 0 Å². The minimum Gasteiger partial charge on any atom is -0.309 e. The smallest absolute Gasteiger partial charge is 0.160 e. The summed E-state index contributed by atoms with van der Waals surface area (Å²) in [4.78, 5) is 10.5. The fraction of sp³-hybridized carbons (Fsp3) is 0. The molecule has 0 aliphatic heterocycles. The lowest BCUT2D eigenvalue weighted by atomic mass is 9.86. The van der Waals surface area contributed by atoms with Crippen LogP contribution in [0.1, 0.15) is 0 Å². The SMILES string of the molecule is c1ccc(-c2nc(-c3ccc(-c4ccc(-c5ccc(-c6c7ccccc7cc7c6ccc6ccccc67)c6ccccc56)cc4)cc3)cc(-c3ccccc3-n3c4ccccc4c4ccccc43)n2)cc1. The van der Waals surface area contributed by atoms with E-state index in [1.165, 1.54) is 76.1 Å². The zero-order valence-electron chi connectivity index (χ0n) is 38.7. The molecule has 2 heterocycles. The van der Waals surface area contributed by atoms with Crippen molar-refractivity contribution in [3.05, 3.63) is 261 Å². The van der Waals surface area contributed by atoms with Crippen molar-refractivity contribution >= 4 is 64.9 Å². The molecule has 0 saturated heterocycles. The first-order valence-corrected chi connectivity index (χ1v) is 24.3. The van der Waals surface area contributed by atoms with Crippen LogP contribution in [0.15, 0.2) is 261 Å². The maximum absolute atomic E-state index is 5.28. The quantitative estimate of drug-likeness (QED) is 0.118. The molecule has 0 saturated carbocycles. The lowest BCUT2D eigenvalue weighted by Gasteiger charge is -2.17. The number of benzene rings is 12. The van der Waals surface area contributed by atoms with Crippen molar-refractivity contribution in [3.8, 4) is 73.0 Å². The molecule has 0 aliphatic rings. The van der Waals surface area contributed by atoms with Crippen LogP contribution < -0.4 is 0 Å². The Morgan fingerprint density at radius 3 is 1.49 bits per heavy atom. The maximum atomic E-state index is 5.28. The molecule has 0 N–H and O–H groups in total. The van der Waals surface area contributed by atoms with Gasteiger partial charge in [-0.2, -0.15) is 0 Å². The van der Waals surface area contributed by atoms with E-state index in [1.54, 1.807) is 0 Å². The number of para-hydroxylation sites is 3. The van der Waals surface area contributed by atoms with Crippen molar-refractivity contribution in [2.24, 2.45) is 0 Å². The molecule has 0 amide bonds. The second-order valence-corrected chi connectivity index (χ2v) is 18.4. The molecule has 0 fully saturated rings. The van der Waals surface area contributed by atoms with Crippen molar-refractivity contribution < 1.29 is 0 Å². The number of hydrogen-bond donors (Lipinski definition) is 0. The molecular formula is C68H43N3. The number of fused-ring (bicyclic) bond motifs is 8. The lowest BCUT2D eigenvalue weighted by Crippen LogP contribution is -2.00. The summed E-state index contributed by atoms with van der Waals surface area (Å²) in [6.45, 7) is 0. The molecule has 0 bridgehead atoms. The van der Waals surface area contributed by atoms with E-state index in [0.29, 0.717) is 5.82 Å². The molecule has 71 heavy (non-hydrogen) atoms. The molecule has 0 aliphatic carbocycles. The summed E-state index contributed by atoms with van der Waals surface area (Å²) >= 11 is 0. The molecule has 0 atom stereocenters. The van der Waals surface area contributed by atoms with Crippen LogP contribution in [0.2, 0.25) is 0 Å². The predicted octanol–water partition coefficient (Wildman–Crippen LogP) is 18.2. The van der Waals surface area contributed by atoms with Gasteiger partial charge in [0.25, 0.3) is 0 Å². The van der Waals surface area contributed by atoms with Crippen LogP contribution in [0.3, 0.4) is 0 Å². The third-order valence-electron chi connectivity index (χ3n) is 14.4. The Morgan fingerprint density at radius 1 is 0.254 bits per heavy atom. The van der Waals surface area contributed by atoms with E-state index in [0.717, 1.165) is 55.9 Å². The van der Waals surface area contributed by atoms with Crippen LogP contribution in [-0.2, 0) is 0 Å². The normalized spacial score (nSPS) is 11.7. The third-order valence-corrected chi connectivity index (χ3v) is 14.4. The topological polar surface area (TPSA) is 30.7 Å². The van der Waals surface area contributed by atoms with Crippen molar-refractivity contribution in [2.75, 3.05) is 0 Å². The van der Waals surface area contributed by atoms with Gasteiger partial charge in [0.1, 0.15) is 0 Å². The van der Waals surface area contributed by atoms with Gasteiger partial charge in [-0.25, -0.2) is 9.97 Å². The summed E-state index contributed by atoms with van der Waals surface area (Å²) in [6.07, 6.45) is 0. The van der Waals surface area contributed by atoms with Crippen molar-refractivity contribution in [2.45, 2.75) is 0 Å². The van der Waals surface area contributed by atoms with Crippen LogP contribution >= 0.6 is 0 Å². The van der Waals surface area contributed by atoms with Crippen molar-refractivity contribution in [1.29, 1.82) is 0 Å². The molecule has 330 valence electrons. The first-order chi connectivity index (χ1) is 35.2. The van der Waals surface area contributed by atoms with E-state index in [2.05, 4.69) is 247 Å². The monoisotopic (exact) mass is 901 g/mol. The van der Waals surface area contributed by atoms with Crippen LogP contribution in [0, 0.1) is 0 Å². The lowest BCUT2D eigenvalue weighted by molar-refractivity contribution is 1.15. The average molecular weight is 902 g/mol. The molecule has 14 aromatic rings.